The molecule has 3 heterocycles. The molecule has 1 saturated heterocycles. The fourth-order valence-corrected chi connectivity index (χ4v) is 6.49. The summed E-state index contributed by atoms with van der Waals surface area (Å²) in [6.07, 6.45) is 5.54. The fraction of sp³-hybridized carbons (Fsp3) is 0.421. The van der Waals surface area contributed by atoms with Gasteiger partial charge in [-0.3, -0.25) is 14.7 Å². The molecule has 13 heteroatoms. The van der Waals surface area contributed by atoms with Crippen molar-refractivity contribution in [3.8, 4) is 0 Å². The van der Waals surface area contributed by atoms with E-state index in [0.717, 1.165) is 29.1 Å². The van der Waals surface area contributed by atoms with E-state index in [1.807, 2.05) is 60.7 Å². The molecule has 12 nitrogen and oxygen atoms in total. The highest BCUT2D eigenvalue weighted by atomic mass is 32.1. The van der Waals surface area contributed by atoms with Gasteiger partial charge in [0.15, 0.2) is 0 Å². The third-order valence-corrected chi connectivity index (χ3v) is 9.54. The Labute approximate surface area is 303 Å². The lowest BCUT2D eigenvalue weighted by Crippen LogP contribution is -2.54. The Morgan fingerprint density at radius 3 is 2.16 bits per heavy atom. The average Bonchev–Trinajstić information content (AvgIpc) is 3.87. The molecule has 1 aliphatic rings. The Bertz CT molecular complexity index is 1590. The van der Waals surface area contributed by atoms with Crippen molar-refractivity contribution in [2.45, 2.75) is 63.4 Å². The minimum atomic E-state index is -0.766. The zero-order valence-electron chi connectivity index (χ0n) is 29.1. The number of morpholine rings is 1. The molecule has 3 N–H and O–H groups in total. The van der Waals surface area contributed by atoms with Crippen LogP contribution in [0.4, 0.5) is 9.59 Å². The summed E-state index contributed by atoms with van der Waals surface area (Å²) in [6.45, 7) is 3.90. The van der Waals surface area contributed by atoms with E-state index < -0.39 is 12.1 Å². The summed E-state index contributed by atoms with van der Waals surface area (Å²) in [6, 6.07) is 21.9. The lowest BCUT2D eigenvalue weighted by atomic mass is 9.95. The van der Waals surface area contributed by atoms with Gasteiger partial charge in [-0.15, -0.1) is 11.3 Å². The predicted molar refractivity (Wildman–Crippen MR) is 195 cm³/mol. The number of thiazole rings is 1. The van der Waals surface area contributed by atoms with E-state index in [-0.39, 0.29) is 37.2 Å². The van der Waals surface area contributed by atoms with Crippen molar-refractivity contribution in [3.63, 3.8) is 0 Å². The predicted octanol–water partition coefficient (Wildman–Crippen LogP) is 5.01. The Morgan fingerprint density at radius 2 is 1.55 bits per heavy atom. The van der Waals surface area contributed by atoms with Crippen LogP contribution < -0.4 is 16.0 Å². The van der Waals surface area contributed by atoms with Crippen LogP contribution in [0.5, 0.6) is 0 Å². The van der Waals surface area contributed by atoms with Crippen molar-refractivity contribution < 1.29 is 28.3 Å². The molecule has 272 valence electrons. The van der Waals surface area contributed by atoms with E-state index in [9.17, 15) is 14.4 Å². The number of aromatic nitrogens is 1. The largest absolute Gasteiger partial charge is 0.467 e. The van der Waals surface area contributed by atoms with Crippen LogP contribution in [0.15, 0.2) is 95.2 Å². The monoisotopic (exact) mass is 716 g/mol. The number of alkyl carbamates (subject to hydrolysis) is 1. The van der Waals surface area contributed by atoms with E-state index >= 15 is 0 Å². The lowest BCUT2D eigenvalue weighted by molar-refractivity contribution is -0.124. The zero-order valence-corrected chi connectivity index (χ0v) is 29.9. The highest BCUT2D eigenvalue weighted by molar-refractivity contribution is 7.09. The van der Waals surface area contributed by atoms with Crippen LogP contribution in [0.1, 0.15) is 41.0 Å². The molecule has 1 fully saturated rings. The molecule has 1 aliphatic heterocycles. The number of hydrogen-bond donors (Lipinski definition) is 3. The van der Waals surface area contributed by atoms with Gasteiger partial charge in [0.05, 0.1) is 36.4 Å². The molecule has 0 saturated carbocycles. The highest BCUT2D eigenvalue weighted by Crippen LogP contribution is 2.15. The number of urea groups is 1. The standard InChI is InChI=1S/C38H48N6O6S/c1-43(26-33-13-8-20-49-33)37(46)42-35(16-17-44-18-21-48-22-19-44)36(45)40-31(23-29-9-4-2-5-10-29)14-15-32(24-30-11-6-3-7-12-30)41-38(47)50-27-34-25-39-28-51-34/h2-13,20,25,28,31-32,35H,14-19,21-24,26-27H2,1H3,(H,40,45)(H,41,47)(H,42,46)/t31-,32-,35+/m1/s1. The van der Waals surface area contributed by atoms with Gasteiger partial charge in [-0.2, -0.15) is 0 Å². The van der Waals surface area contributed by atoms with Gasteiger partial charge in [0, 0.05) is 45.0 Å². The zero-order chi connectivity index (χ0) is 35.7. The van der Waals surface area contributed by atoms with Crippen molar-refractivity contribution in [2.24, 2.45) is 0 Å². The quantitative estimate of drug-likeness (QED) is 0.131. The van der Waals surface area contributed by atoms with Gasteiger partial charge >= 0.3 is 12.1 Å². The second-order valence-corrected chi connectivity index (χ2v) is 13.7. The highest BCUT2D eigenvalue weighted by Gasteiger charge is 2.27. The van der Waals surface area contributed by atoms with Gasteiger partial charge in [0.2, 0.25) is 5.91 Å². The average molecular weight is 717 g/mol. The van der Waals surface area contributed by atoms with Crippen molar-refractivity contribution in [3.05, 3.63) is 113 Å². The Hall–Kier alpha value is -4.72. The molecule has 4 amide bonds. The molecule has 5 rings (SSSR count). The minimum Gasteiger partial charge on any atom is -0.467 e. The van der Waals surface area contributed by atoms with Gasteiger partial charge in [-0.05, 0) is 55.4 Å². The van der Waals surface area contributed by atoms with Crippen molar-refractivity contribution in [2.75, 3.05) is 39.9 Å². The molecule has 0 aliphatic carbocycles. The maximum atomic E-state index is 14.1. The molecule has 51 heavy (non-hydrogen) atoms. The molecule has 0 spiro atoms. The lowest BCUT2D eigenvalue weighted by Gasteiger charge is -2.30. The first-order valence-corrected chi connectivity index (χ1v) is 18.3. The molecular weight excluding hydrogens is 669 g/mol. The van der Waals surface area contributed by atoms with Gasteiger partial charge in [0.1, 0.15) is 18.4 Å². The van der Waals surface area contributed by atoms with E-state index in [1.165, 1.54) is 16.2 Å². The number of nitrogens with zero attached hydrogens (tertiary/aromatic N) is 3. The summed E-state index contributed by atoms with van der Waals surface area (Å²) < 4.78 is 16.4. The number of ether oxygens (including phenoxy) is 2. The van der Waals surface area contributed by atoms with E-state index in [0.29, 0.717) is 57.6 Å². The van der Waals surface area contributed by atoms with E-state index in [4.69, 9.17) is 13.9 Å². The Balaban J connectivity index is 1.27. The summed E-state index contributed by atoms with van der Waals surface area (Å²) in [7, 11) is 1.68. The van der Waals surface area contributed by atoms with Gasteiger partial charge < -0.3 is 34.7 Å². The number of hydrogen-bond acceptors (Lipinski definition) is 9. The summed E-state index contributed by atoms with van der Waals surface area (Å²) in [5.41, 5.74) is 3.86. The second-order valence-electron chi connectivity index (χ2n) is 12.7. The summed E-state index contributed by atoms with van der Waals surface area (Å²) in [5.74, 6) is 0.399. The van der Waals surface area contributed by atoms with Gasteiger partial charge in [0.25, 0.3) is 0 Å². The Kier molecular flexibility index (Phi) is 14.9. The minimum absolute atomic E-state index is 0.148. The molecule has 0 radical (unpaired) electrons. The summed E-state index contributed by atoms with van der Waals surface area (Å²) >= 11 is 1.43. The smallest absolute Gasteiger partial charge is 0.407 e. The number of rotatable bonds is 18. The Morgan fingerprint density at radius 1 is 0.882 bits per heavy atom. The summed E-state index contributed by atoms with van der Waals surface area (Å²) in [5, 5.41) is 9.32. The number of amides is 4. The molecule has 2 aromatic carbocycles. The molecule has 0 bridgehead atoms. The van der Waals surface area contributed by atoms with Crippen LogP contribution in [0.25, 0.3) is 0 Å². The van der Waals surface area contributed by atoms with Crippen molar-refractivity contribution >= 4 is 29.4 Å². The van der Waals surface area contributed by atoms with Crippen LogP contribution in [0.2, 0.25) is 0 Å². The summed E-state index contributed by atoms with van der Waals surface area (Å²) in [4.78, 5) is 49.0. The number of carbonyl (C=O) groups excluding carboxylic acids is 3. The van der Waals surface area contributed by atoms with Crippen LogP contribution in [-0.2, 0) is 40.3 Å². The second kappa shape index (κ2) is 20.2. The van der Waals surface area contributed by atoms with Gasteiger partial charge in [-0.25, -0.2) is 9.59 Å². The van der Waals surface area contributed by atoms with Crippen LogP contribution in [0.3, 0.4) is 0 Å². The molecule has 2 aromatic heterocycles. The van der Waals surface area contributed by atoms with Crippen molar-refractivity contribution in [1.29, 1.82) is 0 Å². The molecule has 3 atom stereocenters. The van der Waals surface area contributed by atoms with E-state index in [2.05, 4.69) is 25.8 Å². The fourth-order valence-electron chi connectivity index (χ4n) is 5.98. The van der Waals surface area contributed by atoms with E-state index in [1.54, 1.807) is 37.2 Å². The molecule has 0 unspecified atom stereocenters. The first-order chi connectivity index (χ1) is 24.9. The topological polar surface area (TPSA) is 138 Å². The van der Waals surface area contributed by atoms with Crippen LogP contribution in [-0.4, -0.2) is 90.8 Å². The number of benzene rings is 2. The first kappa shape index (κ1) is 37.5. The third-order valence-electron chi connectivity index (χ3n) is 8.78. The molecular formula is C38H48N6O6S. The SMILES string of the molecule is CN(Cc1ccco1)C(=O)N[C@@H](CCN1CCOCC1)C(=O)N[C@H](CC[C@H](Cc1ccccc1)NC(=O)OCc1cncs1)Cc1ccccc1. The van der Waals surface area contributed by atoms with Crippen LogP contribution >= 0.6 is 11.3 Å². The van der Waals surface area contributed by atoms with Gasteiger partial charge in [-0.1, -0.05) is 60.7 Å². The number of carbonyl (C=O) groups is 3. The third kappa shape index (κ3) is 13.2. The first-order valence-electron chi connectivity index (χ1n) is 17.4. The number of nitrogens with one attached hydrogen (secondary N) is 3. The maximum absolute atomic E-state index is 14.1. The van der Waals surface area contributed by atoms with Crippen LogP contribution in [0, 0.1) is 0 Å². The molecule has 4 aromatic rings. The normalized spacial score (nSPS) is 14.9. The maximum Gasteiger partial charge on any atom is 0.407 e. The number of furan rings is 1. The van der Waals surface area contributed by atoms with Crippen molar-refractivity contribution in [1.82, 2.24) is 30.7 Å².